The first kappa shape index (κ1) is 16.9. The van der Waals surface area contributed by atoms with E-state index in [2.05, 4.69) is 25.2 Å². The molecule has 57 valence electrons. The Morgan fingerprint density at radius 1 is 1.44 bits per heavy atom. The van der Waals surface area contributed by atoms with Crippen LogP contribution in [0.25, 0.3) is 0 Å². The van der Waals surface area contributed by atoms with Crippen LogP contribution >= 0.6 is 48.0 Å². The SMILES string of the molecule is CC1=[C-]CC=C1.I.I.[Rh]. The fourth-order valence-corrected chi connectivity index (χ4v) is 0.515. The van der Waals surface area contributed by atoms with Crippen LogP contribution in [-0.2, 0) is 19.5 Å². The van der Waals surface area contributed by atoms with E-state index >= 15 is 0 Å². The molecule has 0 aliphatic heterocycles. The average Bonchev–Trinajstić information content (AvgIpc) is 1.86. The van der Waals surface area contributed by atoms with Gasteiger partial charge < -0.3 is 0 Å². The maximum absolute atomic E-state index is 3.12. The van der Waals surface area contributed by atoms with Crippen LogP contribution in [-0.4, -0.2) is 0 Å². The second-order valence-electron chi connectivity index (χ2n) is 1.47. The summed E-state index contributed by atoms with van der Waals surface area (Å²) in [5, 5.41) is 0. The summed E-state index contributed by atoms with van der Waals surface area (Å²) in [6.45, 7) is 2.06. The molecular weight excluding hydrogens is 429 g/mol. The molecule has 9 heavy (non-hydrogen) atoms. The number of rotatable bonds is 0. The standard InChI is InChI=1S/C6H7.2HI.Rh/c1-6-4-2-3-5-6;;;/h2,4H,3H2,1H3;2*1H;/q-1;;;. The molecule has 0 saturated carbocycles. The normalized spacial score (nSPS) is 12.3. The number of allylic oxidation sites excluding steroid dienone is 4. The van der Waals surface area contributed by atoms with Gasteiger partial charge in [0.2, 0.25) is 0 Å². The number of hydrogen-bond acceptors (Lipinski definition) is 0. The Morgan fingerprint density at radius 3 is 2.11 bits per heavy atom. The van der Waals surface area contributed by atoms with Crippen molar-refractivity contribution in [2.45, 2.75) is 13.3 Å². The Labute approximate surface area is 103 Å². The van der Waals surface area contributed by atoms with Gasteiger partial charge >= 0.3 is 0 Å². The molecule has 0 spiro atoms. The predicted octanol–water partition coefficient (Wildman–Crippen LogP) is 2.93. The molecule has 0 N–H and O–H groups in total. The third-order valence-electron chi connectivity index (χ3n) is 0.867. The summed E-state index contributed by atoms with van der Waals surface area (Å²) in [4.78, 5) is 0. The van der Waals surface area contributed by atoms with E-state index in [0.717, 1.165) is 6.42 Å². The maximum Gasteiger partial charge on any atom is 0 e. The minimum absolute atomic E-state index is 0. The van der Waals surface area contributed by atoms with Crippen LogP contribution in [0.3, 0.4) is 0 Å². The largest absolute Gasteiger partial charge is 0.270 e. The molecule has 0 aromatic rings. The maximum atomic E-state index is 3.12. The summed E-state index contributed by atoms with van der Waals surface area (Å²) in [6, 6.07) is 0. The molecular formula is C6H9I2Rh-. The van der Waals surface area contributed by atoms with Crippen molar-refractivity contribution in [3.05, 3.63) is 23.8 Å². The van der Waals surface area contributed by atoms with E-state index in [1.54, 1.807) is 0 Å². The van der Waals surface area contributed by atoms with E-state index in [0.29, 0.717) is 0 Å². The summed E-state index contributed by atoms with van der Waals surface area (Å²) in [6.07, 6.45) is 8.33. The third kappa shape index (κ3) is 7.46. The van der Waals surface area contributed by atoms with Gasteiger partial charge in [-0.25, -0.2) is 11.6 Å². The molecule has 0 saturated heterocycles. The first-order valence-electron chi connectivity index (χ1n) is 2.13. The second kappa shape index (κ2) is 9.56. The van der Waals surface area contributed by atoms with Crippen LogP contribution < -0.4 is 0 Å². The van der Waals surface area contributed by atoms with Gasteiger partial charge in [0, 0.05) is 19.5 Å². The fraction of sp³-hybridized carbons (Fsp3) is 0.333. The van der Waals surface area contributed by atoms with E-state index in [9.17, 15) is 0 Å². The van der Waals surface area contributed by atoms with Crippen LogP contribution in [0.1, 0.15) is 13.3 Å². The van der Waals surface area contributed by atoms with Crippen molar-refractivity contribution in [3.63, 3.8) is 0 Å². The molecule has 3 heteroatoms. The molecule has 0 aromatic heterocycles. The van der Waals surface area contributed by atoms with Gasteiger partial charge in [0.25, 0.3) is 0 Å². The monoisotopic (exact) mass is 438 g/mol. The molecule has 1 radical (unpaired) electrons. The zero-order valence-corrected chi connectivity index (χ0v) is 11.3. The molecule has 0 bridgehead atoms. The molecule has 1 aliphatic rings. The smallest absolute Gasteiger partial charge is 0 e. The third-order valence-corrected chi connectivity index (χ3v) is 0.867. The molecule has 1 aliphatic carbocycles. The van der Waals surface area contributed by atoms with E-state index in [-0.39, 0.29) is 67.4 Å². The van der Waals surface area contributed by atoms with Crippen molar-refractivity contribution in [2.75, 3.05) is 0 Å². The number of halogens is 2. The van der Waals surface area contributed by atoms with Gasteiger partial charge in [-0.3, -0.25) is 6.08 Å². The Kier molecular flexibility index (Phi) is 17.9. The zero-order valence-electron chi connectivity index (χ0n) is 5.01. The Balaban J connectivity index is -0.000000120. The summed E-state index contributed by atoms with van der Waals surface area (Å²) in [5.74, 6) is 0. The molecule has 0 aromatic carbocycles. The molecule has 0 fully saturated rings. The Morgan fingerprint density at radius 2 is 2.00 bits per heavy atom. The summed E-state index contributed by atoms with van der Waals surface area (Å²) < 4.78 is 0. The van der Waals surface area contributed by atoms with E-state index in [1.807, 2.05) is 0 Å². The minimum atomic E-state index is 0. The first-order valence-corrected chi connectivity index (χ1v) is 2.13. The Bertz CT molecular complexity index is 105. The van der Waals surface area contributed by atoms with Crippen LogP contribution in [0.2, 0.25) is 0 Å². The Hall–Kier alpha value is 1.56. The molecule has 0 atom stereocenters. The van der Waals surface area contributed by atoms with Crippen molar-refractivity contribution in [1.82, 2.24) is 0 Å². The van der Waals surface area contributed by atoms with Crippen LogP contribution in [0.5, 0.6) is 0 Å². The van der Waals surface area contributed by atoms with Crippen LogP contribution in [0, 0.1) is 6.08 Å². The van der Waals surface area contributed by atoms with E-state index in [4.69, 9.17) is 0 Å². The summed E-state index contributed by atoms with van der Waals surface area (Å²) in [5.41, 5.74) is 1.27. The van der Waals surface area contributed by atoms with Crippen LogP contribution in [0.4, 0.5) is 0 Å². The van der Waals surface area contributed by atoms with Gasteiger partial charge in [0.15, 0.2) is 0 Å². The minimum Gasteiger partial charge on any atom is -0.270 e. The van der Waals surface area contributed by atoms with Gasteiger partial charge in [0.1, 0.15) is 0 Å². The van der Waals surface area contributed by atoms with Gasteiger partial charge in [-0.05, 0) is 0 Å². The summed E-state index contributed by atoms with van der Waals surface area (Å²) in [7, 11) is 0. The predicted molar refractivity (Wildman–Crippen MR) is 57.0 cm³/mol. The molecule has 0 unspecified atom stereocenters. The van der Waals surface area contributed by atoms with Crippen molar-refractivity contribution in [3.8, 4) is 0 Å². The molecule has 0 heterocycles. The molecule has 0 amide bonds. The van der Waals surface area contributed by atoms with Crippen molar-refractivity contribution in [1.29, 1.82) is 0 Å². The van der Waals surface area contributed by atoms with E-state index in [1.165, 1.54) is 5.57 Å². The first-order chi connectivity index (χ1) is 2.89. The average molecular weight is 438 g/mol. The van der Waals surface area contributed by atoms with Crippen molar-refractivity contribution in [2.24, 2.45) is 0 Å². The van der Waals surface area contributed by atoms with Crippen LogP contribution in [0.15, 0.2) is 17.7 Å². The molecule has 0 nitrogen and oxygen atoms in total. The van der Waals surface area contributed by atoms with Gasteiger partial charge in [-0.1, -0.05) is 6.92 Å². The quantitative estimate of drug-likeness (QED) is 0.310. The number of hydrogen-bond donors (Lipinski definition) is 0. The zero-order chi connectivity index (χ0) is 4.41. The summed E-state index contributed by atoms with van der Waals surface area (Å²) >= 11 is 0. The van der Waals surface area contributed by atoms with Crippen molar-refractivity contribution < 1.29 is 19.5 Å². The van der Waals surface area contributed by atoms with Gasteiger partial charge in [0.05, 0.1) is 0 Å². The topological polar surface area (TPSA) is 0 Å². The molecule has 1 rings (SSSR count). The van der Waals surface area contributed by atoms with Gasteiger partial charge in [-0.2, -0.15) is 6.08 Å². The van der Waals surface area contributed by atoms with Crippen molar-refractivity contribution >= 4 is 48.0 Å². The van der Waals surface area contributed by atoms with Gasteiger partial charge in [-0.15, -0.1) is 54.4 Å². The fourth-order valence-electron chi connectivity index (χ4n) is 0.515. The van der Waals surface area contributed by atoms with E-state index < -0.39 is 0 Å². The second-order valence-corrected chi connectivity index (χ2v) is 1.47.